The molecule has 1 heterocycles. The zero-order valence-corrected chi connectivity index (χ0v) is 7.73. The third kappa shape index (κ3) is 2.90. The summed E-state index contributed by atoms with van der Waals surface area (Å²) in [7, 11) is 0. The minimum absolute atomic E-state index is 0.336. The van der Waals surface area contributed by atoms with Crippen LogP contribution in [0.4, 0.5) is 0 Å². The molecular formula is C9H9NO2S. The van der Waals surface area contributed by atoms with Gasteiger partial charge in [0.05, 0.1) is 12.1 Å². The lowest BCUT2D eigenvalue weighted by Gasteiger charge is -1.94. The number of carboxylic acid groups (broad SMARTS) is 1. The first-order valence-electron chi connectivity index (χ1n) is 3.69. The molecule has 0 atom stereocenters. The van der Waals surface area contributed by atoms with Crippen LogP contribution in [0.3, 0.4) is 0 Å². The van der Waals surface area contributed by atoms with E-state index in [2.05, 4.69) is 11.2 Å². The molecule has 3 nitrogen and oxygen atoms in total. The number of terminal acetylenes is 1. The van der Waals surface area contributed by atoms with Gasteiger partial charge in [-0.3, -0.25) is 0 Å². The molecule has 0 unspecified atom stereocenters. The van der Waals surface area contributed by atoms with Crippen LogP contribution in [-0.2, 0) is 6.54 Å². The summed E-state index contributed by atoms with van der Waals surface area (Å²) in [6.45, 7) is 1.13. The smallest absolute Gasteiger partial charge is 0.336 e. The molecule has 2 N–H and O–H groups in total. The lowest BCUT2D eigenvalue weighted by molar-refractivity contribution is 0.0697. The average molecular weight is 195 g/mol. The number of nitrogens with one attached hydrogen (secondary N) is 1. The Balaban J connectivity index is 2.50. The van der Waals surface area contributed by atoms with Crippen molar-refractivity contribution in [2.24, 2.45) is 0 Å². The highest BCUT2D eigenvalue weighted by Crippen LogP contribution is 2.13. The van der Waals surface area contributed by atoms with Gasteiger partial charge in [0.25, 0.3) is 0 Å². The molecule has 0 amide bonds. The van der Waals surface area contributed by atoms with Gasteiger partial charge in [-0.1, -0.05) is 5.92 Å². The predicted molar refractivity (Wildman–Crippen MR) is 51.8 cm³/mol. The molecule has 0 spiro atoms. The van der Waals surface area contributed by atoms with E-state index < -0.39 is 5.97 Å². The van der Waals surface area contributed by atoms with E-state index in [1.807, 2.05) is 0 Å². The summed E-state index contributed by atoms with van der Waals surface area (Å²) in [6.07, 6.45) is 5.04. The number of rotatable bonds is 4. The normalized spacial score (nSPS) is 9.46. The topological polar surface area (TPSA) is 49.3 Å². The van der Waals surface area contributed by atoms with Crippen molar-refractivity contribution in [2.75, 3.05) is 6.54 Å². The predicted octanol–water partition coefficient (Wildman–Crippen LogP) is 1.17. The number of hydrogen-bond acceptors (Lipinski definition) is 3. The first-order chi connectivity index (χ1) is 6.24. The van der Waals surface area contributed by atoms with Crippen LogP contribution in [0.25, 0.3) is 0 Å². The molecule has 1 aromatic rings. The maximum absolute atomic E-state index is 10.5. The minimum Gasteiger partial charge on any atom is -0.478 e. The highest BCUT2D eigenvalue weighted by Gasteiger charge is 2.05. The van der Waals surface area contributed by atoms with E-state index in [0.29, 0.717) is 18.7 Å². The van der Waals surface area contributed by atoms with Gasteiger partial charge in [-0.05, 0) is 6.07 Å². The van der Waals surface area contributed by atoms with E-state index >= 15 is 0 Å². The molecule has 68 valence electrons. The Bertz CT molecular complexity index is 338. The summed E-state index contributed by atoms with van der Waals surface area (Å²) >= 11 is 1.42. The number of carbonyl (C=O) groups is 1. The Labute approximate surface area is 80.4 Å². The molecule has 0 radical (unpaired) electrons. The molecular weight excluding hydrogens is 186 g/mol. The lowest BCUT2D eigenvalue weighted by Crippen LogP contribution is -2.11. The van der Waals surface area contributed by atoms with Crippen molar-refractivity contribution in [2.45, 2.75) is 6.54 Å². The van der Waals surface area contributed by atoms with Crippen LogP contribution < -0.4 is 5.32 Å². The summed E-state index contributed by atoms with van der Waals surface area (Å²) in [4.78, 5) is 11.5. The largest absolute Gasteiger partial charge is 0.478 e. The van der Waals surface area contributed by atoms with E-state index in [4.69, 9.17) is 11.5 Å². The molecule has 0 aromatic carbocycles. The molecule has 0 bridgehead atoms. The Morgan fingerprint density at radius 2 is 2.54 bits per heavy atom. The van der Waals surface area contributed by atoms with Gasteiger partial charge in [0.2, 0.25) is 0 Å². The Morgan fingerprint density at radius 1 is 1.77 bits per heavy atom. The summed E-state index contributed by atoms with van der Waals surface area (Å²) in [5.41, 5.74) is 0.336. The molecule has 0 saturated heterocycles. The fourth-order valence-electron chi connectivity index (χ4n) is 0.843. The number of aromatic carboxylic acids is 1. The van der Waals surface area contributed by atoms with Gasteiger partial charge < -0.3 is 10.4 Å². The molecule has 1 rings (SSSR count). The lowest BCUT2D eigenvalue weighted by atomic mass is 10.3. The second kappa shape index (κ2) is 4.65. The molecule has 0 aliphatic heterocycles. The van der Waals surface area contributed by atoms with Crippen molar-refractivity contribution in [1.82, 2.24) is 5.32 Å². The Hall–Kier alpha value is -1.31. The Kier molecular flexibility index (Phi) is 3.50. The van der Waals surface area contributed by atoms with Crippen molar-refractivity contribution < 1.29 is 9.90 Å². The summed E-state index contributed by atoms with van der Waals surface area (Å²) in [5.74, 6) is 1.56. The van der Waals surface area contributed by atoms with Gasteiger partial charge in [-0.25, -0.2) is 4.79 Å². The second-order valence-electron chi connectivity index (χ2n) is 2.41. The van der Waals surface area contributed by atoms with Crippen LogP contribution in [0.2, 0.25) is 0 Å². The maximum atomic E-state index is 10.5. The zero-order valence-electron chi connectivity index (χ0n) is 6.91. The molecule has 0 aliphatic rings. The van der Waals surface area contributed by atoms with E-state index in [0.717, 1.165) is 4.88 Å². The van der Waals surface area contributed by atoms with Gasteiger partial charge in [0.15, 0.2) is 0 Å². The SMILES string of the molecule is C#CCNCc1cc(C(=O)O)cs1. The van der Waals surface area contributed by atoms with E-state index in [1.54, 1.807) is 11.4 Å². The minimum atomic E-state index is -0.889. The standard InChI is InChI=1S/C9H9NO2S/c1-2-3-10-5-8-4-7(6-13-8)9(11)12/h1,4,6,10H,3,5H2,(H,11,12). The third-order valence-electron chi connectivity index (χ3n) is 1.43. The third-order valence-corrected chi connectivity index (χ3v) is 2.36. The van der Waals surface area contributed by atoms with Crippen molar-refractivity contribution in [3.63, 3.8) is 0 Å². The van der Waals surface area contributed by atoms with Gasteiger partial charge in [-0.15, -0.1) is 17.8 Å². The van der Waals surface area contributed by atoms with E-state index in [9.17, 15) is 4.79 Å². The number of thiophene rings is 1. The fraction of sp³-hybridized carbons (Fsp3) is 0.222. The Morgan fingerprint density at radius 3 is 3.08 bits per heavy atom. The first-order valence-corrected chi connectivity index (χ1v) is 4.57. The highest BCUT2D eigenvalue weighted by molar-refractivity contribution is 7.10. The van der Waals surface area contributed by atoms with Gasteiger partial charge >= 0.3 is 5.97 Å². The number of hydrogen-bond donors (Lipinski definition) is 2. The summed E-state index contributed by atoms with van der Waals surface area (Å²) in [6, 6.07) is 1.65. The van der Waals surface area contributed by atoms with Crippen LogP contribution in [0, 0.1) is 12.3 Å². The first kappa shape index (κ1) is 9.78. The van der Waals surface area contributed by atoms with Gasteiger partial charge in [0, 0.05) is 16.8 Å². The van der Waals surface area contributed by atoms with Crippen molar-refractivity contribution in [3.8, 4) is 12.3 Å². The van der Waals surface area contributed by atoms with Gasteiger partial charge in [-0.2, -0.15) is 0 Å². The molecule has 13 heavy (non-hydrogen) atoms. The van der Waals surface area contributed by atoms with Crippen LogP contribution in [-0.4, -0.2) is 17.6 Å². The fourth-order valence-corrected chi connectivity index (χ4v) is 1.67. The second-order valence-corrected chi connectivity index (χ2v) is 3.41. The molecule has 1 aromatic heterocycles. The summed E-state index contributed by atoms with van der Waals surface area (Å²) < 4.78 is 0. The average Bonchev–Trinajstić information content (AvgIpc) is 2.53. The van der Waals surface area contributed by atoms with Crippen molar-refractivity contribution >= 4 is 17.3 Å². The quantitative estimate of drug-likeness (QED) is 0.560. The maximum Gasteiger partial charge on any atom is 0.336 e. The van der Waals surface area contributed by atoms with Crippen LogP contribution in [0.1, 0.15) is 15.2 Å². The number of carboxylic acids is 1. The van der Waals surface area contributed by atoms with E-state index in [-0.39, 0.29) is 0 Å². The van der Waals surface area contributed by atoms with Crippen molar-refractivity contribution in [3.05, 3.63) is 21.9 Å². The van der Waals surface area contributed by atoms with Crippen LogP contribution >= 0.6 is 11.3 Å². The van der Waals surface area contributed by atoms with Gasteiger partial charge in [0.1, 0.15) is 0 Å². The molecule has 0 saturated carbocycles. The molecule has 0 aliphatic carbocycles. The zero-order chi connectivity index (χ0) is 9.68. The molecule has 0 fully saturated rings. The highest BCUT2D eigenvalue weighted by atomic mass is 32.1. The summed E-state index contributed by atoms with van der Waals surface area (Å²) in [5, 5.41) is 13.2. The van der Waals surface area contributed by atoms with Crippen molar-refractivity contribution in [1.29, 1.82) is 0 Å². The van der Waals surface area contributed by atoms with Crippen LogP contribution in [0.5, 0.6) is 0 Å². The molecule has 4 heteroatoms. The van der Waals surface area contributed by atoms with Crippen LogP contribution in [0.15, 0.2) is 11.4 Å². The monoisotopic (exact) mass is 195 g/mol. The van der Waals surface area contributed by atoms with E-state index in [1.165, 1.54) is 11.3 Å².